The van der Waals surface area contributed by atoms with Gasteiger partial charge in [0.25, 0.3) is 0 Å². The Bertz CT molecular complexity index is 395. The number of hydrogen-bond donors (Lipinski definition) is 4. The van der Waals surface area contributed by atoms with Gasteiger partial charge in [0.05, 0.1) is 24.9 Å². The van der Waals surface area contributed by atoms with Crippen molar-refractivity contribution in [1.82, 2.24) is 0 Å². The first-order valence-corrected chi connectivity index (χ1v) is 6.01. The molecule has 1 aliphatic rings. The maximum atomic E-state index is 9.86. The van der Waals surface area contributed by atoms with Gasteiger partial charge < -0.3 is 25.2 Å². The number of phenols is 1. The molecule has 1 heterocycles. The van der Waals surface area contributed by atoms with E-state index in [1.165, 1.54) is 0 Å². The number of benzene rings is 1. The Morgan fingerprint density at radius 3 is 2.44 bits per heavy atom. The molecule has 0 amide bonds. The van der Waals surface area contributed by atoms with Gasteiger partial charge in [0.15, 0.2) is 0 Å². The summed E-state index contributed by atoms with van der Waals surface area (Å²) in [7, 11) is 0. The van der Waals surface area contributed by atoms with E-state index in [0.717, 1.165) is 0 Å². The molecule has 5 nitrogen and oxygen atoms in total. The van der Waals surface area contributed by atoms with E-state index in [2.05, 4.69) is 0 Å². The zero-order valence-electron chi connectivity index (χ0n) is 9.94. The topological polar surface area (TPSA) is 90.2 Å². The Balaban J connectivity index is 2.06. The molecule has 18 heavy (non-hydrogen) atoms. The quantitative estimate of drug-likeness (QED) is 0.600. The van der Waals surface area contributed by atoms with Gasteiger partial charge in [0, 0.05) is 12.8 Å². The zero-order chi connectivity index (χ0) is 13.1. The van der Waals surface area contributed by atoms with Crippen molar-refractivity contribution in [3.05, 3.63) is 29.8 Å². The minimum atomic E-state index is -0.856. The number of rotatable bonds is 3. The lowest BCUT2D eigenvalue weighted by Gasteiger charge is -2.36. The summed E-state index contributed by atoms with van der Waals surface area (Å²) >= 11 is 0. The van der Waals surface area contributed by atoms with E-state index in [0.29, 0.717) is 12.0 Å². The van der Waals surface area contributed by atoms with E-state index in [9.17, 15) is 15.3 Å². The highest BCUT2D eigenvalue weighted by molar-refractivity contribution is 5.32. The number of ether oxygens (including phenoxy) is 1. The highest BCUT2D eigenvalue weighted by Gasteiger charge is 2.36. The van der Waals surface area contributed by atoms with Crippen molar-refractivity contribution in [3.8, 4) is 5.75 Å². The number of phenolic OH excluding ortho intramolecular Hbond substituents is 1. The predicted octanol–water partition coefficient (Wildman–Crippen LogP) is -0.194. The Morgan fingerprint density at radius 2 is 1.78 bits per heavy atom. The molecule has 4 N–H and O–H groups in total. The summed E-state index contributed by atoms with van der Waals surface area (Å²) in [5, 5.41) is 38.2. The summed E-state index contributed by atoms with van der Waals surface area (Å²) in [5.41, 5.74) is 0.676. The second kappa shape index (κ2) is 5.67. The minimum Gasteiger partial charge on any atom is -0.508 e. The SMILES string of the molecule is OC[C@H]1OC(Cc2ccccc2O)[C@@H](O)CC1O. The van der Waals surface area contributed by atoms with Crippen molar-refractivity contribution >= 4 is 0 Å². The van der Waals surface area contributed by atoms with Gasteiger partial charge in [-0.2, -0.15) is 0 Å². The van der Waals surface area contributed by atoms with Crippen molar-refractivity contribution in [2.45, 2.75) is 37.3 Å². The summed E-state index contributed by atoms with van der Waals surface area (Å²) in [4.78, 5) is 0. The summed E-state index contributed by atoms with van der Waals surface area (Å²) in [5.74, 6) is 0.153. The fourth-order valence-corrected chi connectivity index (χ4v) is 2.21. The molecule has 5 heteroatoms. The molecule has 100 valence electrons. The molecular weight excluding hydrogens is 236 g/mol. The number of aromatic hydroxyl groups is 1. The Hall–Kier alpha value is -1.14. The van der Waals surface area contributed by atoms with Gasteiger partial charge in [-0.1, -0.05) is 18.2 Å². The standard InChI is InChI=1S/C13H18O5/c14-7-13-11(17)6-10(16)12(18-13)5-8-3-1-2-4-9(8)15/h1-4,10-17H,5-7H2/t10-,11?,12?,13+/m0/s1. The molecule has 1 aromatic rings. The van der Waals surface area contributed by atoms with Crippen LogP contribution in [0.2, 0.25) is 0 Å². The van der Waals surface area contributed by atoms with Crippen LogP contribution < -0.4 is 0 Å². The number of aliphatic hydroxyl groups is 3. The van der Waals surface area contributed by atoms with E-state index in [4.69, 9.17) is 9.84 Å². The van der Waals surface area contributed by atoms with Gasteiger partial charge >= 0.3 is 0 Å². The van der Waals surface area contributed by atoms with Crippen LogP contribution in [0.4, 0.5) is 0 Å². The van der Waals surface area contributed by atoms with Crippen LogP contribution in [0.5, 0.6) is 5.75 Å². The summed E-state index contributed by atoms with van der Waals surface area (Å²) < 4.78 is 5.46. The molecule has 0 aliphatic carbocycles. The van der Waals surface area contributed by atoms with Crippen LogP contribution in [0.15, 0.2) is 24.3 Å². The van der Waals surface area contributed by atoms with E-state index in [1.807, 2.05) is 0 Å². The minimum absolute atomic E-state index is 0.153. The maximum absolute atomic E-state index is 9.86. The first kappa shape index (κ1) is 13.3. The molecule has 1 fully saturated rings. The molecule has 0 spiro atoms. The average molecular weight is 254 g/mol. The summed E-state index contributed by atoms with van der Waals surface area (Å²) in [6.45, 7) is -0.287. The molecule has 0 bridgehead atoms. The van der Waals surface area contributed by atoms with E-state index in [1.54, 1.807) is 24.3 Å². The largest absolute Gasteiger partial charge is 0.508 e. The smallest absolute Gasteiger partial charge is 0.118 e. The van der Waals surface area contributed by atoms with Crippen molar-refractivity contribution in [1.29, 1.82) is 0 Å². The number of aliphatic hydroxyl groups excluding tert-OH is 3. The fraction of sp³-hybridized carbons (Fsp3) is 0.538. The van der Waals surface area contributed by atoms with Crippen molar-refractivity contribution < 1.29 is 25.2 Å². The van der Waals surface area contributed by atoms with Crippen LogP contribution in [0, 0.1) is 0 Å². The molecule has 1 aromatic carbocycles. The van der Waals surface area contributed by atoms with Gasteiger partial charge in [0.1, 0.15) is 11.9 Å². The third-order valence-corrected chi connectivity index (χ3v) is 3.28. The lowest BCUT2D eigenvalue weighted by atomic mass is 9.94. The second-order valence-corrected chi connectivity index (χ2v) is 4.60. The van der Waals surface area contributed by atoms with E-state index < -0.39 is 24.4 Å². The van der Waals surface area contributed by atoms with Crippen LogP contribution >= 0.6 is 0 Å². The first-order chi connectivity index (χ1) is 8.61. The lowest BCUT2D eigenvalue weighted by Crippen LogP contribution is -2.49. The van der Waals surface area contributed by atoms with Crippen LogP contribution in [-0.4, -0.2) is 51.4 Å². The van der Waals surface area contributed by atoms with Gasteiger partial charge in [-0.3, -0.25) is 0 Å². The molecule has 0 aromatic heterocycles. The molecule has 4 atom stereocenters. The molecular formula is C13H18O5. The Kier molecular flexibility index (Phi) is 4.19. The lowest BCUT2D eigenvalue weighted by molar-refractivity contribution is -0.178. The average Bonchev–Trinajstić information content (AvgIpc) is 2.35. The number of para-hydroxylation sites is 1. The predicted molar refractivity (Wildman–Crippen MR) is 64.2 cm³/mol. The second-order valence-electron chi connectivity index (χ2n) is 4.60. The maximum Gasteiger partial charge on any atom is 0.118 e. The number of hydrogen-bond acceptors (Lipinski definition) is 5. The monoisotopic (exact) mass is 254 g/mol. The van der Waals surface area contributed by atoms with Crippen LogP contribution in [0.25, 0.3) is 0 Å². The van der Waals surface area contributed by atoms with Crippen molar-refractivity contribution in [3.63, 3.8) is 0 Å². The van der Waals surface area contributed by atoms with Crippen molar-refractivity contribution in [2.75, 3.05) is 6.61 Å². The third-order valence-electron chi connectivity index (χ3n) is 3.28. The molecule has 1 saturated heterocycles. The van der Waals surface area contributed by atoms with E-state index in [-0.39, 0.29) is 18.8 Å². The van der Waals surface area contributed by atoms with E-state index >= 15 is 0 Å². The third kappa shape index (κ3) is 2.81. The molecule has 1 aliphatic heterocycles. The fourth-order valence-electron chi connectivity index (χ4n) is 2.21. The summed E-state index contributed by atoms with van der Waals surface area (Å²) in [6, 6.07) is 6.84. The van der Waals surface area contributed by atoms with Crippen LogP contribution in [-0.2, 0) is 11.2 Å². The molecule has 2 unspecified atom stereocenters. The summed E-state index contributed by atoms with van der Waals surface area (Å²) in [6.07, 6.45) is -2.35. The van der Waals surface area contributed by atoms with Gasteiger partial charge in [0.2, 0.25) is 0 Å². The molecule has 0 radical (unpaired) electrons. The van der Waals surface area contributed by atoms with Crippen LogP contribution in [0.3, 0.4) is 0 Å². The van der Waals surface area contributed by atoms with Crippen molar-refractivity contribution in [2.24, 2.45) is 0 Å². The zero-order valence-corrected chi connectivity index (χ0v) is 9.94. The Morgan fingerprint density at radius 1 is 1.11 bits per heavy atom. The van der Waals surface area contributed by atoms with Gasteiger partial charge in [-0.25, -0.2) is 0 Å². The highest BCUT2D eigenvalue weighted by atomic mass is 16.5. The normalized spacial score (nSPS) is 32.4. The van der Waals surface area contributed by atoms with Gasteiger partial charge in [-0.05, 0) is 11.6 Å². The Labute approximate surface area is 105 Å². The highest BCUT2D eigenvalue weighted by Crippen LogP contribution is 2.26. The first-order valence-electron chi connectivity index (χ1n) is 6.01. The van der Waals surface area contributed by atoms with Gasteiger partial charge in [-0.15, -0.1) is 0 Å². The van der Waals surface area contributed by atoms with Crippen LogP contribution in [0.1, 0.15) is 12.0 Å². The molecule has 0 saturated carbocycles. The molecule has 2 rings (SSSR count).